The molecule has 1 atom stereocenters. The second-order valence-corrected chi connectivity index (χ2v) is 9.79. The maximum atomic E-state index is 12.7. The predicted molar refractivity (Wildman–Crippen MR) is 58.1 cm³/mol. The average Bonchev–Trinajstić information content (AvgIpc) is 2.07. The summed E-state index contributed by atoms with van der Waals surface area (Å²) in [6.45, 7) is 6.43. The van der Waals surface area contributed by atoms with Gasteiger partial charge in [0.25, 0.3) is 0 Å². The lowest BCUT2D eigenvalue weighted by Crippen LogP contribution is -2.29. The Bertz CT molecular complexity index is 345. The fraction of sp³-hybridized carbons (Fsp3) is 0.364. The Hall–Kier alpha value is -1.14. The summed E-state index contributed by atoms with van der Waals surface area (Å²) in [6, 6.07) is 8.57. The first kappa shape index (κ1) is 10.9. The van der Waals surface area contributed by atoms with Crippen molar-refractivity contribution in [2.24, 2.45) is 0 Å². The largest absolute Gasteiger partial charge is 0.207 e. The minimum Gasteiger partial charge on any atom is -0.207 e. The van der Waals surface area contributed by atoms with Gasteiger partial charge >= 0.3 is 0 Å². The van der Waals surface area contributed by atoms with Crippen molar-refractivity contribution < 1.29 is 4.39 Å². The Morgan fingerprint density at radius 2 is 1.71 bits per heavy atom. The van der Waals surface area contributed by atoms with Crippen molar-refractivity contribution >= 4 is 8.07 Å². The Balaban J connectivity index is 3.04. The first-order valence-corrected chi connectivity index (χ1v) is 8.18. The second kappa shape index (κ2) is 3.93. The molecule has 0 aliphatic carbocycles. The lowest BCUT2D eigenvalue weighted by Gasteiger charge is -2.22. The third-order valence-corrected chi connectivity index (χ3v) is 4.39. The minimum absolute atomic E-state index is 0.0527. The topological polar surface area (TPSA) is 23.8 Å². The van der Waals surface area contributed by atoms with Crippen LogP contribution in [0.15, 0.2) is 24.3 Å². The van der Waals surface area contributed by atoms with E-state index in [9.17, 15) is 4.39 Å². The summed E-state index contributed by atoms with van der Waals surface area (Å²) >= 11 is 0. The van der Waals surface area contributed by atoms with Crippen molar-refractivity contribution in [1.29, 1.82) is 5.26 Å². The fourth-order valence-corrected chi connectivity index (χ4v) is 3.00. The van der Waals surface area contributed by atoms with Crippen molar-refractivity contribution in [2.75, 3.05) is 0 Å². The summed E-state index contributed by atoms with van der Waals surface area (Å²) in [5, 5.41) is 9.08. The van der Waals surface area contributed by atoms with E-state index in [0.29, 0.717) is 0 Å². The highest BCUT2D eigenvalue weighted by Gasteiger charge is 2.27. The molecule has 1 rings (SSSR count). The molecule has 1 aromatic carbocycles. The molecule has 0 spiro atoms. The van der Waals surface area contributed by atoms with Crippen molar-refractivity contribution in [2.45, 2.75) is 25.2 Å². The van der Waals surface area contributed by atoms with Gasteiger partial charge in [-0.25, -0.2) is 4.39 Å². The van der Waals surface area contributed by atoms with Crippen LogP contribution in [0.5, 0.6) is 0 Å². The molecule has 0 radical (unpaired) electrons. The Morgan fingerprint density at radius 1 is 1.21 bits per heavy atom. The van der Waals surface area contributed by atoms with E-state index >= 15 is 0 Å². The van der Waals surface area contributed by atoms with Gasteiger partial charge in [-0.3, -0.25) is 0 Å². The van der Waals surface area contributed by atoms with Gasteiger partial charge in [0.15, 0.2) is 0 Å². The molecule has 14 heavy (non-hydrogen) atoms. The zero-order valence-electron chi connectivity index (χ0n) is 8.71. The highest BCUT2D eigenvalue weighted by atomic mass is 28.3. The van der Waals surface area contributed by atoms with E-state index in [4.69, 9.17) is 5.26 Å². The van der Waals surface area contributed by atoms with Crippen molar-refractivity contribution in [1.82, 2.24) is 0 Å². The van der Waals surface area contributed by atoms with E-state index < -0.39 is 8.07 Å². The molecule has 0 heterocycles. The van der Waals surface area contributed by atoms with Crippen LogP contribution in [0.2, 0.25) is 19.6 Å². The highest BCUT2D eigenvalue weighted by Crippen LogP contribution is 2.26. The lowest BCUT2D eigenvalue weighted by atomic mass is 10.1. The number of nitrogens with zero attached hydrogens (tertiary/aromatic N) is 1. The average molecular weight is 207 g/mol. The normalized spacial score (nSPS) is 13.4. The molecule has 0 aromatic heterocycles. The number of halogens is 1. The molecule has 0 saturated heterocycles. The van der Waals surface area contributed by atoms with E-state index in [2.05, 4.69) is 25.7 Å². The van der Waals surface area contributed by atoms with Gasteiger partial charge in [0.05, 0.1) is 19.7 Å². The standard InChI is InChI=1S/C11H14FNSi/c1-14(2,3)11(8-13)9-4-6-10(12)7-5-9/h4-7,11H,1-3H3. The van der Waals surface area contributed by atoms with E-state index in [1.54, 1.807) is 12.1 Å². The number of benzene rings is 1. The van der Waals surface area contributed by atoms with Gasteiger partial charge in [-0.15, -0.1) is 0 Å². The van der Waals surface area contributed by atoms with Crippen LogP contribution in [0.3, 0.4) is 0 Å². The SMILES string of the molecule is C[Si](C)(C)C(C#N)c1ccc(F)cc1. The van der Waals surface area contributed by atoms with Gasteiger partial charge in [-0.05, 0) is 17.7 Å². The molecular weight excluding hydrogens is 193 g/mol. The van der Waals surface area contributed by atoms with Crippen LogP contribution in [0, 0.1) is 17.1 Å². The maximum absolute atomic E-state index is 12.7. The maximum Gasteiger partial charge on any atom is 0.123 e. The van der Waals surface area contributed by atoms with Crippen molar-refractivity contribution in [3.05, 3.63) is 35.6 Å². The van der Waals surface area contributed by atoms with Crippen LogP contribution < -0.4 is 0 Å². The van der Waals surface area contributed by atoms with Crippen LogP contribution in [0.25, 0.3) is 0 Å². The van der Waals surface area contributed by atoms with Gasteiger partial charge in [0, 0.05) is 0 Å². The van der Waals surface area contributed by atoms with Crippen LogP contribution in [-0.4, -0.2) is 8.07 Å². The Labute approximate surface area is 85.2 Å². The second-order valence-electron chi connectivity index (χ2n) is 4.48. The zero-order chi connectivity index (χ0) is 10.8. The number of rotatable bonds is 2. The molecule has 0 aliphatic rings. The lowest BCUT2D eigenvalue weighted by molar-refractivity contribution is 0.627. The quantitative estimate of drug-likeness (QED) is 0.682. The van der Waals surface area contributed by atoms with Gasteiger partial charge in [-0.2, -0.15) is 5.26 Å². The molecular formula is C11H14FNSi. The van der Waals surface area contributed by atoms with Crippen LogP contribution in [0.1, 0.15) is 11.1 Å². The molecule has 3 heteroatoms. The molecule has 74 valence electrons. The molecule has 0 amide bonds. The summed E-state index contributed by atoms with van der Waals surface area (Å²) < 4.78 is 12.7. The van der Waals surface area contributed by atoms with Gasteiger partial charge in [0.1, 0.15) is 5.82 Å². The molecule has 0 fully saturated rings. The minimum atomic E-state index is -1.53. The van der Waals surface area contributed by atoms with Crippen LogP contribution in [-0.2, 0) is 0 Å². The van der Waals surface area contributed by atoms with Crippen molar-refractivity contribution in [3.8, 4) is 6.07 Å². The molecule has 1 nitrogen and oxygen atoms in total. The fourth-order valence-electron chi connectivity index (χ4n) is 1.42. The van der Waals surface area contributed by atoms with E-state index in [-0.39, 0.29) is 11.4 Å². The van der Waals surface area contributed by atoms with E-state index in [1.165, 1.54) is 12.1 Å². The number of hydrogen-bond acceptors (Lipinski definition) is 1. The summed E-state index contributed by atoms with van der Waals surface area (Å²) in [5.41, 5.74) is 0.885. The molecule has 1 aromatic rings. The predicted octanol–water partition coefficient (Wildman–Crippen LogP) is 3.31. The smallest absolute Gasteiger partial charge is 0.123 e. The highest BCUT2D eigenvalue weighted by molar-refractivity contribution is 6.78. The molecule has 0 N–H and O–H groups in total. The number of nitriles is 1. The summed E-state index contributed by atoms with van der Waals surface area (Å²) in [5.74, 6) is -0.249. The zero-order valence-corrected chi connectivity index (χ0v) is 9.71. The van der Waals surface area contributed by atoms with Gasteiger partial charge in [0.2, 0.25) is 0 Å². The van der Waals surface area contributed by atoms with Crippen molar-refractivity contribution in [3.63, 3.8) is 0 Å². The van der Waals surface area contributed by atoms with Gasteiger partial charge < -0.3 is 0 Å². The summed E-state index contributed by atoms with van der Waals surface area (Å²) in [4.78, 5) is 0. The Morgan fingerprint density at radius 3 is 2.07 bits per heavy atom. The first-order chi connectivity index (χ1) is 6.45. The molecule has 0 aliphatic heterocycles. The van der Waals surface area contributed by atoms with E-state index in [0.717, 1.165) is 5.56 Å². The first-order valence-electron chi connectivity index (χ1n) is 4.60. The Kier molecular flexibility index (Phi) is 3.07. The third kappa shape index (κ3) is 2.42. The van der Waals surface area contributed by atoms with E-state index in [1.807, 2.05) is 0 Å². The molecule has 0 saturated carbocycles. The molecule has 0 bridgehead atoms. The third-order valence-electron chi connectivity index (χ3n) is 2.20. The van der Waals surface area contributed by atoms with Crippen LogP contribution in [0.4, 0.5) is 4.39 Å². The number of hydrogen-bond donors (Lipinski definition) is 0. The monoisotopic (exact) mass is 207 g/mol. The van der Waals surface area contributed by atoms with Gasteiger partial charge in [-0.1, -0.05) is 31.8 Å². The molecule has 1 unspecified atom stereocenters. The van der Waals surface area contributed by atoms with Crippen LogP contribution >= 0.6 is 0 Å². The summed E-state index contributed by atoms with van der Waals surface area (Å²) in [6.07, 6.45) is 0. The summed E-state index contributed by atoms with van der Waals surface area (Å²) in [7, 11) is -1.53.